The summed E-state index contributed by atoms with van der Waals surface area (Å²) < 4.78 is 16.3. The van der Waals surface area contributed by atoms with Crippen molar-refractivity contribution in [2.24, 2.45) is 0 Å². The second-order valence-corrected chi connectivity index (χ2v) is 11.8. The molecule has 0 heterocycles. The SMILES string of the molecule is CC/C=C\C/C=C\C/C=C\C/C=C\C/C=C\C/C=C\CCC(=O)OC[C@@H](COC(=O)CCCCCCC)OC(=O)CCCCCCC. The van der Waals surface area contributed by atoms with Crippen LogP contribution >= 0.6 is 0 Å². The van der Waals surface area contributed by atoms with Crippen molar-refractivity contribution >= 4 is 17.9 Å². The lowest BCUT2D eigenvalue weighted by Crippen LogP contribution is -2.30. The van der Waals surface area contributed by atoms with Gasteiger partial charge in [-0.1, -0.05) is 145 Å². The fourth-order valence-electron chi connectivity index (χ4n) is 4.46. The van der Waals surface area contributed by atoms with Gasteiger partial charge in [0.25, 0.3) is 0 Å². The van der Waals surface area contributed by atoms with E-state index < -0.39 is 6.10 Å². The van der Waals surface area contributed by atoms with Gasteiger partial charge in [0, 0.05) is 19.3 Å². The summed E-state index contributed by atoms with van der Waals surface area (Å²) in [5.41, 5.74) is 0. The van der Waals surface area contributed by atoms with Gasteiger partial charge in [-0.25, -0.2) is 0 Å². The average Bonchev–Trinajstić information content (AvgIpc) is 3.06. The first-order chi connectivity index (χ1) is 23.0. The van der Waals surface area contributed by atoms with Gasteiger partial charge in [0.15, 0.2) is 6.10 Å². The molecule has 0 aromatic carbocycles. The maximum Gasteiger partial charge on any atom is 0.306 e. The molecule has 6 heteroatoms. The van der Waals surface area contributed by atoms with E-state index in [0.29, 0.717) is 19.3 Å². The molecule has 0 aromatic rings. The molecule has 1 atom stereocenters. The zero-order valence-electron chi connectivity index (χ0n) is 30.0. The van der Waals surface area contributed by atoms with Gasteiger partial charge in [-0.15, -0.1) is 0 Å². The molecular weight excluding hydrogens is 588 g/mol. The van der Waals surface area contributed by atoms with Gasteiger partial charge in [0.1, 0.15) is 13.2 Å². The van der Waals surface area contributed by atoms with E-state index in [1.807, 2.05) is 12.2 Å². The summed E-state index contributed by atoms with van der Waals surface area (Å²) in [4.78, 5) is 36.9. The molecule has 0 spiro atoms. The molecule has 0 N–H and O–H groups in total. The number of allylic oxidation sites excluding steroid dienone is 12. The first-order valence-electron chi connectivity index (χ1n) is 18.4. The van der Waals surface area contributed by atoms with Crippen molar-refractivity contribution < 1.29 is 28.6 Å². The van der Waals surface area contributed by atoms with Crippen LogP contribution in [-0.4, -0.2) is 37.2 Å². The average molecular weight is 655 g/mol. The minimum Gasteiger partial charge on any atom is -0.462 e. The molecular formula is C41H66O6. The first-order valence-corrected chi connectivity index (χ1v) is 18.4. The van der Waals surface area contributed by atoms with Crippen LogP contribution in [0.25, 0.3) is 0 Å². The third kappa shape index (κ3) is 34.0. The molecule has 0 bridgehead atoms. The molecule has 0 aliphatic heterocycles. The Morgan fingerprint density at radius 3 is 1.28 bits per heavy atom. The predicted molar refractivity (Wildman–Crippen MR) is 196 cm³/mol. The van der Waals surface area contributed by atoms with Gasteiger partial charge in [0.05, 0.1) is 0 Å². The van der Waals surface area contributed by atoms with Crippen LogP contribution in [0.1, 0.15) is 149 Å². The molecule has 0 saturated carbocycles. The standard InChI is InChI=1S/C41H66O6/c1-4-7-10-13-14-15-16-17-18-19-20-21-22-23-24-25-26-29-31-34-40(43)46-37-38(47-41(44)35-32-28-12-9-6-3)36-45-39(42)33-30-27-11-8-5-2/h7,10,14-15,17-18,20-21,23-24,26,29,38H,4-6,8-9,11-13,16,19,22,25,27-28,30-37H2,1-3H3/b10-7-,15-14-,18-17-,21-20-,24-23-,29-26-/t38-/m1/s1. The number of rotatable bonds is 31. The van der Waals surface area contributed by atoms with Crippen molar-refractivity contribution in [1.29, 1.82) is 0 Å². The number of hydrogen-bond donors (Lipinski definition) is 0. The normalized spacial score (nSPS) is 12.8. The van der Waals surface area contributed by atoms with Crippen LogP contribution < -0.4 is 0 Å². The maximum absolute atomic E-state index is 12.4. The summed E-state index contributed by atoms with van der Waals surface area (Å²) in [6.45, 7) is 6.23. The fraction of sp³-hybridized carbons (Fsp3) is 0.634. The Balaban J connectivity index is 4.30. The maximum atomic E-state index is 12.4. The van der Waals surface area contributed by atoms with Crippen molar-refractivity contribution in [2.75, 3.05) is 13.2 Å². The van der Waals surface area contributed by atoms with E-state index in [9.17, 15) is 14.4 Å². The van der Waals surface area contributed by atoms with E-state index in [-0.39, 0.29) is 37.5 Å². The Bertz CT molecular complexity index is 940. The Kier molecular flexibility index (Phi) is 33.3. The largest absolute Gasteiger partial charge is 0.462 e. The zero-order chi connectivity index (χ0) is 34.5. The van der Waals surface area contributed by atoms with E-state index in [1.54, 1.807) is 0 Å². The first kappa shape index (κ1) is 43.9. The number of carbonyl (C=O) groups is 3. The van der Waals surface area contributed by atoms with Gasteiger partial charge in [-0.05, 0) is 57.8 Å². The predicted octanol–water partition coefficient (Wildman–Crippen LogP) is 11.2. The zero-order valence-corrected chi connectivity index (χ0v) is 30.0. The summed E-state index contributed by atoms with van der Waals surface area (Å²) in [6.07, 6.45) is 42.5. The summed E-state index contributed by atoms with van der Waals surface area (Å²) in [5.74, 6) is -1.03. The second kappa shape index (κ2) is 35.7. The second-order valence-electron chi connectivity index (χ2n) is 11.8. The number of unbranched alkanes of at least 4 members (excludes halogenated alkanes) is 8. The molecule has 0 aliphatic carbocycles. The molecule has 0 rings (SSSR count). The number of esters is 3. The molecule has 0 aromatic heterocycles. The third-order valence-corrected chi connectivity index (χ3v) is 7.24. The molecule has 0 radical (unpaired) electrons. The molecule has 0 unspecified atom stereocenters. The minimum atomic E-state index is -0.794. The highest BCUT2D eigenvalue weighted by molar-refractivity contribution is 5.71. The van der Waals surface area contributed by atoms with Crippen LogP contribution in [0.15, 0.2) is 72.9 Å². The van der Waals surface area contributed by atoms with Crippen molar-refractivity contribution in [3.05, 3.63) is 72.9 Å². The van der Waals surface area contributed by atoms with Gasteiger partial charge in [0.2, 0.25) is 0 Å². The van der Waals surface area contributed by atoms with Gasteiger partial charge >= 0.3 is 17.9 Å². The fourth-order valence-corrected chi connectivity index (χ4v) is 4.46. The molecule has 0 fully saturated rings. The Hall–Kier alpha value is -3.15. The minimum absolute atomic E-state index is 0.101. The van der Waals surface area contributed by atoms with Gasteiger partial charge in [-0.3, -0.25) is 14.4 Å². The lowest BCUT2D eigenvalue weighted by Gasteiger charge is -2.18. The number of carbonyl (C=O) groups excluding carboxylic acids is 3. The summed E-state index contributed by atoms with van der Waals surface area (Å²) >= 11 is 0. The topological polar surface area (TPSA) is 78.9 Å². The van der Waals surface area contributed by atoms with E-state index in [4.69, 9.17) is 14.2 Å². The number of ether oxygens (including phenoxy) is 3. The van der Waals surface area contributed by atoms with Crippen LogP contribution in [0, 0.1) is 0 Å². The van der Waals surface area contributed by atoms with Crippen molar-refractivity contribution in [3.63, 3.8) is 0 Å². The highest BCUT2D eigenvalue weighted by Crippen LogP contribution is 2.10. The smallest absolute Gasteiger partial charge is 0.306 e. The van der Waals surface area contributed by atoms with Crippen LogP contribution in [-0.2, 0) is 28.6 Å². The molecule has 266 valence electrons. The van der Waals surface area contributed by atoms with E-state index >= 15 is 0 Å². The van der Waals surface area contributed by atoms with Gasteiger partial charge in [-0.2, -0.15) is 0 Å². The van der Waals surface area contributed by atoms with Crippen LogP contribution in [0.2, 0.25) is 0 Å². The lowest BCUT2D eigenvalue weighted by atomic mass is 10.1. The summed E-state index contributed by atoms with van der Waals surface area (Å²) in [6, 6.07) is 0. The molecule has 47 heavy (non-hydrogen) atoms. The van der Waals surface area contributed by atoms with Crippen molar-refractivity contribution in [3.8, 4) is 0 Å². The molecule has 6 nitrogen and oxygen atoms in total. The molecule has 0 saturated heterocycles. The highest BCUT2D eigenvalue weighted by Gasteiger charge is 2.19. The molecule has 0 amide bonds. The van der Waals surface area contributed by atoms with E-state index in [2.05, 4.69) is 81.5 Å². The van der Waals surface area contributed by atoms with Crippen LogP contribution in [0.4, 0.5) is 0 Å². The van der Waals surface area contributed by atoms with Crippen molar-refractivity contribution in [2.45, 2.75) is 155 Å². The lowest BCUT2D eigenvalue weighted by molar-refractivity contribution is -0.166. The Morgan fingerprint density at radius 1 is 0.447 bits per heavy atom. The van der Waals surface area contributed by atoms with Gasteiger partial charge < -0.3 is 14.2 Å². The van der Waals surface area contributed by atoms with E-state index in [1.165, 1.54) is 0 Å². The van der Waals surface area contributed by atoms with E-state index in [0.717, 1.165) is 103 Å². The monoisotopic (exact) mass is 654 g/mol. The van der Waals surface area contributed by atoms with Crippen LogP contribution in [0.5, 0.6) is 0 Å². The Labute approximate surface area is 287 Å². The third-order valence-electron chi connectivity index (χ3n) is 7.24. The van der Waals surface area contributed by atoms with Crippen LogP contribution in [0.3, 0.4) is 0 Å². The summed E-state index contributed by atoms with van der Waals surface area (Å²) in [5, 5.41) is 0. The molecule has 0 aliphatic rings. The Morgan fingerprint density at radius 2 is 0.830 bits per heavy atom. The summed E-state index contributed by atoms with van der Waals surface area (Å²) in [7, 11) is 0. The number of hydrogen-bond acceptors (Lipinski definition) is 6. The quantitative estimate of drug-likeness (QED) is 0.0320. The van der Waals surface area contributed by atoms with Crippen molar-refractivity contribution in [1.82, 2.24) is 0 Å². The highest BCUT2D eigenvalue weighted by atomic mass is 16.6.